The van der Waals surface area contributed by atoms with Crippen molar-refractivity contribution in [2.24, 2.45) is 0 Å². The third-order valence-electron chi connectivity index (χ3n) is 13.0. The van der Waals surface area contributed by atoms with E-state index in [1.165, 1.54) is 77.9 Å². The van der Waals surface area contributed by atoms with Gasteiger partial charge in [-0.3, -0.25) is 0 Å². The number of hydrogen-bond acceptors (Lipinski definition) is 1. The van der Waals surface area contributed by atoms with Gasteiger partial charge in [-0.05, 0) is 91.0 Å². The van der Waals surface area contributed by atoms with Crippen LogP contribution in [0.5, 0.6) is 0 Å². The Hall–Kier alpha value is -7.22. The fraction of sp³-hybridized carbons (Fsp3) is 0.0690. The molecule has 2 aliphatic rings. The Balaban J connectivity index is 1.25. The molecule has 0 fully saturated rings. The zero-order chi connectivity index (χ0) is 39.6. The highest BCUT2D eigenvalue weighted by atomic mass is 15.1. The highest BCUT2D eigenvalue weighted by molar-refractivity contribution is 6.01. The Morgan fingerprint density at radius 3 is 1.53 bits per heavy atom. The summed E-state index contributed by atoms with van der Waals surface area (Å²) in [6, 6.07) is 83.1. The zero-order valence-corrected chi connectivity index (χ0v) is 33.3. The molecule has 0 N–H and O–H groups in total. The van der Waals surface area contributed by atoms with E-state index in [1.807, 2.05) is 0 Å². The van der Waals surface area contributed by atoms with Crippen LogP contribution in [0.15, 0.2) is 224 Å². The second-order valence-electron chi connectivity index (χ2n) is 16.4. The lowest BCUT2D eigenvalue weighted by Gasteiger charge is -2.35. The first-order chi connectivity index (χ1) is 29.0. The maximum atomic E-state index is 2.57. The lowest BCUT2D eigenvalue weighted by molar-refractivity contribution is 0.660. The first-order valence-electron chi connectivity index (χ1n) is 20.7. The van der Waals surface area contributed by atoms with E-state index < -0.39 is 5.41 Å². The van der Waals surface area contributed by atoms with E-state index in [4.69, 9.17) is 0 Å². The van der Waals surface area contributed by atoms with Gasteiger partial charge in [0.05, 0.1) is 16.8 Å². The predicted molar refractivity (Wildman–Crippen MR) is 247 cm³/mol. The van der Waals surface area contributed by atoms with Gasteiger partial charge in [-0.15, -0.1) is 0 Å². The van der Waals surface area contributed by atoms with Crippen molar-refractivity contribution in [2.75, 3.05) is 4.90 Å². The van der Waals surface area contributed by atoms with Gasteiger partial charge in [0.25, 0.3) is 0 Å². The molecule has 0 spiro atoms. The lowest BCUT2D eigenvalue weighted by atomic mass is 9.68. The Bertz CT molecular complexity index is 2960. The molecule has 1 heteroatoms. The van der Waals surface area contributed by atoms with E-state index in [1.54, 1.807) is 0 Å². The molecule has 59 heavy (non-hydrogen) atoms. The smallest absolute Gasteiger partial charge is 0.0714 e. The van der Waals surface area contributed by atoms with Gasteiger partial charge in [0.1, 0.15) is 0 Å². The number of benzene rings is 9. The van der Waals surface area contributed by atoms with Crippen molar-refractivity contribution in [3.05, 3.63) is 258 Å². The molecule has 11 rings (SSSR count). The minimum Gasteiger partial charge on any atom is -0.309 e. The highest BCUT2D eigenvalue weighted by Gasteiger charge is 2.47. The van der Waals surface area contributed by atoms with Crippen molar-refractivity contribution < 1.29 is 0 Å². The summed E-state index contributed by atoms with van der Waals surface area (Å²) in [4.78, 5) is 2.57. The Labute approximate surface area is 347 Å². The van der Waals surface area contributed by atoms with Crippen molar-refractivity contribution in [3.63, 3.8) is 0 Å². The number of rotatable bonds is 7. The van der Waals surface area contributed by atoms with Crippen LogP contribution in [0.1, 0.15) is 47.2 Å². The normalized spacial score (nSPS) is 13.9. The number of fused-ring (bicyclic) bond motifs is 6. The lowest BCUT2D eigenvalue weighted by Crippen LogP contribution is -2.28. The summed E-state index contributed by atoms with van der Waals surface area (Å²) in [5, 5.41) is 0. The minimum atomic E-state index is -0.522. The summed E-state index contributed by atoms with van der Waals surface area (Å²) >= 11 is 0. The summed E-state index contributed by atoms with van der Waals surface area (Å²) in [5.74, 6) is 0. The van der Waals surface area contributed by atoms with Gasteiger partial charge >= 0.3 is 0 Å². The van der Waals surface area contributed by atoms with Crippen LogP contribution >= 0.6 is 0 Å². The molecule has 0 amide bonds. The molecule has 0 saturated heterocycles. The largest absolute Gasteiger partial charge is 0.309 e. The monoisotopic (exact) mass is 753 g/mol. The first kappa shape index (κ1) is 35.0. The third-order valence-corrected chi connectivity index (χ3v) is 13.0. The van der Waals surface area contributed by atoms with Gasteiger partial charge in [-0.1, -0.05) is 214 Å². The zero-order valence-electron chi connectivity index (χ0n) is 33.3. The topological polar surface area (TPSA) is 3.24 Å². The van der Waals surface area contributed by atoms with E-state index >= 15 is 0 Å². The van der Waals surface area contributed by atoms with Crippen molar-refractivity contribution in [1.29, 1.82) is 0 Å². The molecule has 0 aromatic heterocycles. The van der Waals surface area contributed by atoms with Gasteiger partial charge in [0, 0.05) is 22.2 Å². The molecule has 1 nitrogen and oxygen atoms in total. The number of anilines is 3. The van der Waals surface area contributed by atoms with Gasteiger partial charge in [0.2, 0.25) is 0 Å². The molecule has 2 aliphatic carbocycles. The van der Waals surface area contributed by atoms with Gasteiger partial charge in [-0.25, -0.2) is 0 Å². The molecular formula is C58H43N. The second kappa shape index (κ2) is 13.7. The molecule has 9 aromatic carbocycles. The van der Waals surface area contributed by atoms with Gasteiger partial charge in [0.15, 0.2) is 0 Å². The summed E-state index contributed by atoms with van der Waals surface area (Å²) in [6.45, 7) is 4.75. The van der Waals surface area contributed by atoms with Crippen LogP contribution in [0.2, 0.25) is 0 Å². The quantitative estimate of drug-likeness (QED) is 0.157. The molecule has 0 heterocycles. The standard InChI is InChI=1S/C58H43N/c1-57(2)50-30-17-15-28-47(50)48-37-35-45(39-53(48)57)59(55-38-42(40-20-7-3-8-21-40)34-36-46(55)41-22-9-4-10-23-41)54-33-19-32-52-56(54)49-29-16-18-31-51(49)58(52,43-24-11-5-12-25-43)44-26-13-6-14-27-44/h3-39H,1-2H3. The molecular weight excluding hydrogens is 711 g/mol. The van der Waals surface area contributed by atoms with Crippen LogP contribution in [0.4, 0.5) is 17.1 Å². The molecule has 0 radical (unpaired) electrons. The molecule has 0 saturated carbocycles. The van der Waals surface area contributed by atoms with E-state index in [2.05, 4.69) is 243 Å². The molecule has 0 aliphatic heterocycles. The Morgan fingerprint density at radius 2 is 0.847 bits per heavy atom. The van der Waals surface area contributed by atoms with Gasteiger partial charge < -0.3 is 4.90 Å². The van der Waals surface area contributed by atoms with Crippen molar-refractivity contribution in [1.82, 2.24) is 0 Å². The summed E-state index contributed by atoms with van der Waals surface area (Å²) in [5.41, 5.74) is 20.4. The molecule has 280 valence electrons. The highest BCUT2D eigenvalue weighted by Crippen LogP contribution is 2.60. The van der Waals surface area contributed by atoms with Crippen molar-refractivity contribution >= 4 is 17.1 Å². The van der Waals surface area contributed by atoms with Crippen molar-refractivity contribution in [2.45, 2.75) is 24.7 Å². The van der Waals surface area contributed by atoms with Gasteiger partial charge in [-0.2, -0.15) is 0 Å². The molecule has 0 unspecified atom stereocenters. The van der Waals surface area contributed by atoms with Crippen LogP contribution in [0.25, 0.3) is 44.5 Å². The van der Waals surface area contributed by atoms with E-state index in [-0.39, 0.29) is 5.41 Å². The fourth-order valence-corrected chi connectivity index (χ4v) is 10.3. The first-order valence-corrected chi connectivity index (χ1v) is 20.7. The maximum Gasteiger partial charge on any atom is 0.0714 e. The molecule has 9 aromatic rings. The molecule has 0 bridgehead atoms. The average molecular weight is 754 g/mol. The SMILES string of the molecule is CC1(C)c2ccccc2-c2ccc(N(c3cc(-c4ccccc4)ccc3-c3ccccc3)c3cccc4c3-c3ccccc3C4(c3ccccc3)c3ccccc3)cc21. The number of hydrogen-bond donors (Lipinski definition) is 0. The number of nitrogens with zero attached hydrogens (tertiary/aromatic N) is 1. The predicted octanol–water partition coefficient (Wildman–Crippen LogP) is 15.2. The van der Waals surface area contributed by atoms with E-state index in [9.17, 15) is 0 Å². The Kier molecular flexibility index (Phi) is 8.13. The average Bonchev–Trinajstić information content (AvgIpc) is 3.74. The fourth-order valence-electron chi connectivity index (χ4n) is 10.3. The summed E-state index contributed by atoms with van der Waals surface area (Å²) in [7, 11) is 0. The maximum absolute atomic E-state index is 2.57. The summed E-state index contributed by atoms with van der Waals surface area (Å²) < 4.78 is 0. The minimum absolute atomic E-state index is 0.164. The van der Waals surface area contributed by atoms with Crippen LogP contribution in [0.3, 0.4) is 0 Å². The second-order valence-corrected chi connectivity index (χ2v) is 16.4. The Morgan fingerprint density at radius 1 is 0.322 bits per heavy atom. The third kappa shape index (κ3) is 5.31. The van der Waals surface area contributed by atoms with Crippen LogP contribution in [0, 0.1) is 0 Å². The molecule has 0 atom stereocenters. The van der Waals surface area contributed by atoms with Crippen LogP contribution in [-0.2, 0) is 10.8 Å². The summed E-state index contributed by atoms with van der Waals surface area (Å²) in [6.07, 6.45) is 0. The van der Waals surface area contributed by atoms with Crippen LogP contribution in [-0.4, -0.2) is 0 Å². The van der Waals surface area contributed by atoms with E-state index in [0.29, 0.717) is 0 Å². The van der Waals surface area contributed by atoms with Crippen molar-refractivity contribution in [3.8, 4) is 44.5 Å². The van der Waals surface area contributed by atoms with E-state index in [0.717, 1.165) is 17.1 Å². The van der Waals surface area contributed by atoms with Crippen LogP contribution < -0.4 is 4.90 Å².